The third kappa shape index (κ3) is 5.70. The molecule has 0 saturated carbocycles. The van der Waals surface area contributed by atoms with Crippen LogP contribution in [-0.2, 0) is 14.3 Å². The number of benzene rings is 1. The number of methoxy groups -OCH3 is 1. The Kier molecular flexibility index (Phi) is 7.89. The summed E-state index contributed by atoms with van der Waals surface area (Å²) in [6, 6.07) is 9.01. The first kappa shape index (κ1) is 21.6. The maximum Gasteiger partial charge on any atom is 0.308 e. The second-order valence-electron chi connectivity index (χ2n) is 7.79. The number of piperidine rings is 1. The number of nitrogens with one attached hydrogen (secondary N) is 1. The number of hydrogen-bond acceptors (Lipinski definition) is 5. The number of aryl methyl sites for hydroxylation is 1. The van der Waals surface area contributed by atoms with Crippen LogP contribution in [0.15, 0.2) is 29.3 Å². The summed E-state index contributed by atoms with van der Waals surface area (Å²) in [6.07, 6.45) is 1.61. The summed E-state index contributed by atoms with van der Waals surface area (Å²) in [6.45, 7) is 7.96. The summed E-state index contributed by atoms with van der Waals surface area (Å²) in [5.41, 5.74) is 2.59. The van der Waals surface area contributed by atoms with Crippen LogP contribution in [0.25, 0.3) is 0 Å². The summed E-state index contributed by atoms with van der Waals surface area (Å²) < 4.78 is 10.5. The Bertz CT molecular complexity index is 695. The number of carbonyl (C=O) groups excluding carboxylic acids is 1. The zero-order chi connectivity index (χ0) is 20.6. The van der Waals surface area contributed by atoms with Gasteiger partial charge in [0.05, 0.1) is 32.3 Å². The van der Waals surface area contributed by atoms with E-state index in [2.05, 4.69) is 51.3 Å². The summed E-state index contributed by atoms with van der Waals surface area (Å²) in [5.74, 6) is 0.807. The van der Waals surface area contributed by atoms with E-state index in [9.17, 15) is 4.79 Å². The van der Waals surface area contributed by atoms with Gasteiger partial charge in [-0.3, -0.25) is 14.7 Å². The second kappa shape index (κ2) is 10.6. The van der Waals surface area contributed by atoms with Crippen LogP contribution >= 0.6 is 0 Å². The highest BCUT2D eigenvalue weighted by molar-refractivity contribution is 5.80. The second-order valence-corrected chi connectivity index (χ2v) is 7.79. The molecule has 0 radical (unpaired) electrons. The van der Waals surface area contributed by atoms with E-state index in [0.29, 0.717) is 0 Å². The fourth-order valence-electron chi connectivity index (χ4n) is 4.24. The molecular weight excluding hydrogens is 368 g/mol. The highest BCUT2D eigenvalue weighted by Gasteiger charge is 2.28. The average Bonchev–Trinajstić information content (AvgIpc) is 2.77. The van der Waals surface area contributed by atoms with Crippen molar-refractivity contribution in [2.24, 2.45) is 10.9 Å². The van der Waals surface area contributed by atoms with Crippen LogP contribution in [0.2, 0.25) is 0 Å². The standard InChI is InChI=1S/C22H34N4O3/c1-17-5-4-6-19(15-17)20(25-11-13-29-14-12-25)16-24-22(23-2)26-9-7-18(8-10-26)21(27)28-3/h4-6,15,18,20H,7-14,16H2,1-3H3,(H,23,24). The molecule has 2 heterocycles. The fraction of sp³-hybridized carbons (Fsp3) is 0.636. The molecule has 1 atom stereocenters. The highest BCUT2D eigenvalue weighted by Crippen LogP contribution is 2.23. The lowest BCUT2D eigenvalue weighted by Gasteiger charge is -2.37. The van der Waals surface area contributed by atoms with E-state index in [0.717, 1.165) is 64.7 Å². The molecule has 29 heavy (non-hydrogen) atoms. The van der Waals surface area contributed by atoms with E-state index in [4.69, 9.17) is 9.47 Å². The number of esters is 1. The lowest BCUT2D eigenvalue weighted by molar-refractivity contribution is -0.146. The molecule has 0 spiro atoms. The molecule has 1 N–H and O–H groups in total. The zero-order valence-corrected chi connectivity index (χ0v) is 17.9. The predicted molar refractivity (Wildman–Crippen MR) is 114 cm³/mol. The summed E-state index contributed by atoms with van der Waals surface area (Å²) in [7, 11) is 3.29. The Hall–Kier alpha value is -2.12. The first-order valence-electron chi connectivity index (χ1n) is 10.5. The summed E-state index contributed by atoms with van der Waals surface area (Å²) >= 11 is 0. The highest BCUT2D eigenvalue weighted by atomic mass is 16.5. The lowest BCUT2D eigenvalue weighted by Crippen LogP contribution is -2.49. The van der Waals surface area contributed by atoms with Crippen molar-refractivity contribution in [3.05, 3.63) is 35.4 Å². The van der Waals surface area contributed by atoms with E-state index in [1.807, 2.05) is 7.05 Å². The van der Waals surface area contributed by atoms with Crippen LogP contribution in [0.5, 0.6) is 0 Å². The van der Waals surface area contributed by atoms with Crippen LogP contribution in [0.1, 0.15) is 30.0 Å². The van der Waals surface area contributed by atoms with Gasteiger partial charge in [-0.2, -0.15) is 0 Å². The summed E-state index contributed by atoms with van der Waals surface area (Å²) in [4.78, 5) is 21.0. The number of likely N-dealkylation sites (tertiary alicyclic amines) is 1. The topological polar surface area (TPSA) is 66.4 Å². The largest absolute Gasteiger partial charge is 0.469 e. The zero-order valence-electron chi connectivity index (χ0n) is 17.9. The van der Waals surface area contributed by atoms with Crippen LogP contribution in [0.3, 0.4) is 0 Å². The van der Waals surface area contributed by atoms with Crippen LogP contribution in [0, 0.1) is 12.8 Å². The first-order chi connectivity index (χ1) is 14.1. The molecule has 3 rings (SSSR count). The van der Waals surface area contributed by atoms with Crippen molar-refractivity contribution in [3.8, 4) is 0 Å². The van der Waals surface area contributed by atoms with Gasteiger partial charge in [0.2, 0.25) is 0 Å². The molecular formula is C22H34N4O3. The smallest absolute Gasteiger partial charge is 0.308 e. The molecule has 1 aromatic rings. The normalized spacial score (nSPS) is 20.4. The van der Waals surface area contributed by atoms with Gasteiger partial charge < -0.3 is 19.7 Å². The van der Waals surface area contributed by atoms with Gasteiger partial charge in [0, 0.05) is 39.8 Å². The lowest BCUT2D eigenvalue weighted by atomic mass is 9.97. The van der Waals surface area contributed by atoms with Crippen molar-refractivity contribution in [1.29, 1.82) is 0 Å². The van der Waals surface area contributed by atoms with E-state index in [1.54, 1.807) is 0 Å². The SMILES string of the molecule is CN=C(NCC(c1cccc(C)c1)N1CCOCC1)N1CCC(C(=O)OC)CC1. The first-order valence-corrected chi connectivity index (χ1v) is 10.5. The molecule has 0 aromatic heterocycles. The summed E-state index contributed by atoms with van der Waals surface area (Å²) in [5, 5.41) is 3.59. The van der Waals surface area contributed by atoms with Gasteiger partial charge in [-0.05, 0) is 25.3 Å². The number of hydrogen-bond donors (Lipinski definition) is 1. The van der Waals surface area contributed by atoms with Gasteiger partial charge in [-0.15, -0.1) is 0 Å². The molecule has 1 unspecified atom stereocenters. The maximum absolute atomic E-state index is 11.8. The van der Waals surface area contributed by atoms with Crippen molar-refractivity contribution < 1.29 is 14.3 Å². The Morgan fingerprint density at radius 2 is 2.00 bits per heavy atom. The molecule has 2 fully saturated rings. The number of rotatable bonds is 5. The Labute approximate surface area is 174 Å². The number of ether oxygens (including phenoxy) is 2. The molecule has 0 amide bonds. The maximum atomic E-state index is 11.8. The fourth-order valence-corrected chi connectivity index (χ4v) is 4.24. The van der Waals surface area contributed by atoms with Crippen molar-refractivity contribution in [2.45, 2.75) is 25.8 Å². The molecule has 7 nitrogen and oxygen atoms in total. The minimum atomic E-state index is -0.0978. The average molecular weight is 403 g/mol. The van der Waals surface area contributed by atoms with Gasteiger partial charge in [0.1, 0.15) is 0 Å². The minimum Gasteiger partial charge on any atom is -0.469 e. The molecule has 2 saturated heterocycles. The van der Waals surface area contributed by atoms with Crippen LogP contribution in [0.4, 0.5) is 0 Å². The monoisotopic (exact) mass is 402 g/mol. The number of nitrogens with zero attached hydrogens (tertiary/aromatic N) is 3. The van der Waals surface area contributed by atoms with Crippen molar-refractivity contribution in [1.82, 2.24) is 15.1 Å². The van der Waals surface area contributed by atoms with Gasteiger partial charge in [-0.25, -0.2) is 0 Å². The Morgan fingerprint density at radius 3 is 2.62 bits per heavy atom. The molecule has 2 aliphatic rings. The number of aliphatic imine (C=N–C) groups is 1. The Balaban J connectivity index is 1.64. The van der Waals surface area contributed by atoms with E-state index < -0.39 is 0 Å². The molecule has 0 aliphatic carbocycles. The van der Waals surface area contributed by atoms with Crippen LogP contribution in [-0.4, -0.2) is 81.8 Å². The molecule has 7 heteroatoms. The van der Waals surface area contributed by atoms with Crippen molar-refractivity contribution in [3.63, 3.8) is 0 Å². The van der Waals surface area contributed by atoms with Gasteiger partial charge in [0.15, 0.2) is 5.96 Å². The van der Waals surface area contributed by atoms with E-state index in [-0.39, 0.29) is 17.9 Å². The van der Waals surface area contributed by atoms with Crippen molar-refractivity contribution >= 4 is 11.9 Å². The number of guanidine groups is 1. The molecule has 0 bridgehead atoms. The third-order valence-corrected chi connectivity index (χ3v) is 5.91. The van der Waals surface area contributed by atoms with E-state index in [1.165, 1.54) is 18.2 Å². The number of morpholine rings is 1. The quantitative estimate of drug-likeness (QED) is 0.461. The molecule has 160 valence electrons. The Morgan fingerprint density at radius 1 is 1.28 bits per heavy atom. The number of carbonyl (C=O) groups is 1. The minimum absolute atomic E-state index is 0.00254. The van der Waals surface area contributed by atoms with Gasteiger partial charge in [0.25, 0.3) is 0 Å². The van der Waals surface area contributed by atoms with Gasteiger partial charge in [-0.1, -0.05) is 29.8 Å². The van der Waals surface area contributed by atoms with Crippen LogP contribution < -0.4 is 5.32 Å². The van der Waals surface area contributed by atoms with Gasteiger partial charge >= 0.3 is 5.97 Å². The molecule has 1 aromatic carbocycles. The van der Waals surface area contributed by atoms with Crippen molar-refractivity contribution in [2.75, 3.05) is 60.1 Å². The predicted octanol–water partition coefficient (Wildman–Crippen LogP) is 1.83. The third-order valence-electron chi connectivity index (χ3n) is 5.91. The van der Waals surface area contributed by atoms with E-state index >= 15 is 0 Å². The molecule has 2 aliphatic heterocycles.